The zero-order chi connectivity index (χ0) is 12.8. The summed E-state index contributed by atoms with van der Waals surface area (Å²) >= 11 is 0. The molecule has 1 N–H and O–H groups in total. The predicted octanol–water partition coefficient (Wildman–Crippen LogP) is 4.26. The van der Waals surface area contributed by atoms with Crippen LogP contribution in [0.15, 0.2) is 54.6 Å². The minimum atomic E-state index is -0.191. The van der Waals surface area contributed by atoms with Gasteiger partial charge in [0.1, 0.15) is 5.82 Å². The Morgan fingerprint density at radius 1 is 1.00 bits per heavy atom. The summed E-state index contributed by atoms with van der Waals surface area (Å²) in [7, 11) is 0. The van der Waals surface area contributed by atoms with E-state index in [1.807, 2.05) is 24.3 Å². The fourth-order valence-electron chi connectivity index (χ4n) is 1.99. The summed E-state index contributed by atoms with van der Waals surface area (Å²) in [4.78, 5) is 0. The maximum absolute atomic E-state index is 13.6. The van der Waals surface area contributed by atoms with Gasteiger partial charge in [-0.2, -0.15) is 0 Å². The largest absolute Gasteiger partial charge is 0.380 e. The molecule has 2 aromatic rings. The van der Waals surface area contributed by atoms with Crippen LogP contribution < -0.4 is 5.32 Å². The molecule has 0 bridgehead atoms. The van der Waals surface area contributed by atoms with Gasteiger partial charge < -0.3 is 5.32 Å². The van der Waals surface area contributed by atoms with E-state index in [4.69, 9.17) is 0 Å². The van der Waals surface area contributed by atoms with E-state index < -0.39 is 0 Å². The molecule has 2 rings (SSSR count). The van der Waals surface area contributed by atoms with Gasteiger partial charge in [-0.25, -0.2) is 4.39 Å². The predicted molar refractivity (Wildman–Crippen MR) is 74.2 cm³/mol. The van der Waals surface area contributed by atoms with Gasteiger partial charge in [0.25, 0.3) is 0 Å². The lowest BCUT2D eigenvalue weighted by Crippen LogP contribution is -2.21. The van der Waals surface area contributed by atoms with Crippen molar-refractivity contribution in [2.45, 2.75) is 25.8 Å². The summed E-state index contributed by atoms with van der Waals surface area (Å²) in [5.41, 5.74) is 1.86. The van der Waals surface area contributed by atoms with Crippen LogP contribution in [0.4, 0.5) is 10.1 Å². The molecule has 0 amide bonds. The van der Waals surface area contributed by atoms with E-state index in [0.29, 0.717) is 5.69 Å². The Labute approximate surface area is 108 Å². The monoisotopic (exact) mass is 243 g/mol. The molecule has 18 heavy (non-hydrogen) atoms. The van der Waals surface area contributed by atoms with E-state index in [0.717, 1.165) is 12.8 Å². The van der Waals surface area contributed by atoms with E-state index >= 15 is 0 Å². The second-order valence-electron chi connectivity index (χ2n) is 4.42. The van der Waals surface area contributed by atoms with Crippen molar-refractivity contribution >= 4 is 5.69 Å². The van der Waals surface area contributed by atoms with E-state index in [-0.39, 0.29) is 11.9 Å². The van der Waals surface area contributed by atoms with Crippen LogP contribution in [-0.4, -0.2) is 6.04 Å². The zero-order valence-corrected chi connectivity index (χ0v) is 10.6. The molecule has 0 radical (unpaired) electrons. The van der Waals surface area contributed by atoms with Crippen molar-refractivity contribution in [2.75, 3.05) is 5.32 Å². The van der Waals surface area contributed by atoms with Crippen molar-refractivity contribution in [3.63, 3.8) is 0 Å². The highest BCUT2D eigenvalue weighted by atomic mass is 19.1. The van der Waals surface area contributed by atoms with Crippen molar-refractivity contribution in [3.8, 4) is 0 Å². The standard InChI is InChI=1S/C16H18FN/c1-2-14(12-13-8-4-3-5-9-13)18-16-11-7-6-10-15(16)17/h3-11,14,18H,2,12H2,1H3. The van der Waals surface area contributed by atoms with Crippen molar-refractivity contribution in [2.24, 2.45) is 0 Å². The van der Waals surface area contributed by atoms with E-state index in [9.17, 15) is 4.39 Å². The molecule has 0 aliphatic heterocycles. The maximum atomic E-state index is 13.6. The second-order valence-corrected chi connectivity index (χ2v) is 4.42. The number of anilines is 1. The van der Waals surface area contributed by atoms with E-state index in [1.54, 1.807) is 12.1 Å². The Balaban J connectivity index is 2.04. The van der Waals surface area contributed by atoms with Crippen LogP contribution in [0.1, 0.15) is 18.9 Å². The number of benzene rings is 2. The maximum Gasteiger partial charge on any atom is 0.146 e. The first-order chi connectivity index (χ1) is 8.79. The number of para-hydroxylation sites is 1. The Morgan fingerprint density at radius 2 is 1.67 bits per heavy atom. The summed E-state index contributed by atoms with van der Waals surface area (Å²) in [6, 6.07) is 17.4. The van der Waals surface area contributed by atoms with Crippen LogP contribution in [0, 0.1) is 5.82 Å². The number of hydrogen-bond donors (Lipinski definition) is 1. The average Bonchev–Trinajstić information content (AvgIpc) is 2.41. The summed E-state index contributed by atoms with van der Waals surface area (Å²) < 4.78 is 13.6. The molecular formula is C16H18FN. The lowest BCUT2D eigenvalue weighted by molar-refractivity contribution is 0.619. The van der Waals surface area contributed by atoms with Gasteiger partial charge in [0.15, 0.2) is 0 Å². The van der Waals surface area contributed by atoms with Crippen molar-refractivity contribution in [3.05, 3.63) is 66.0 Å². The molecule has 2 aromatic carbocycles. The Morgan fingerprint density at radius 3 is 2.33 bits per heavy atom. The summed E-state index contributed by atoms with van der Waals surface area (Å²) in [6.07, 6.45) is 1.87. The summed E-state index contributed by atoms with van der Waals surface area (Å²) in [5.74, 6) is -0.191. The van der Waals surface area contributed by atoms with Crippen molar-refractivity contribution in [1.29, 1.82) is 0 Å². The van der Waals surface area contributed by atoms with Crippen LogP contribution in [0.2, 0.25) is 0 Å². The van der Waals surface area contributed by atoms with Gasteiger partial charge in [0, 0.05) is 6.04 Å². The Hall–Kier alpha value is -1.83. The van der Waals surface area contributed by atoms with Crippen molar-refractivity contribution < 1.29 is 4.39 Å². The first-order valence-corrected chi connectivity index (χ1v) is 6.34. The van der Waals surface area contributed by atoms with Gasteiger partial charge in [0.2, 0.25) is 0 Å². The van der Waals surface area contributed by atoms with Gasteiger partial charge >= 0.3 is 0 Å². The molecule has 0 aliphatic carbocycles. The highest BCUT2D eigenvalue weighted by molar-refractivity contribution is 5.45. The SMILES string of the molecule is CCC(Cc1ccccc1)Nc1ccccc1F. The molecule has 0 aliphatic rings. The molecule has 0 saturated carbocycles. The van der Waals surface area contributed by atoms with E-state index in [2.05, 4.69) is 24.4 Å². The molecule has 0 heterocycles. The van der Waals surface area contributed by atoms with Crippen molar-refractivity contribution in [1.82, 2.24) is 0 Å². The first kappa shape index (κ1) is 12.6. The molecule has 1 unspecified atom stereocenters. The summed E-state index contributed by atoms with van der Waals surface area (Å²) in [6.45, 7) is 2.11. The van der Waals surface area contributed by atoms with Gasteiger partial charge in [-0.1, -0.05) is 49.4 Å². The molecular weight excluding hydrogens is 225 g/mol. The number of rotatable bonds is 5. The molecule has 2 heteroatoms. The van der Waals surface area contributed by atoms with Crippen LogP contribution in [0.25, 0.3) is 0 Å². The van der Waals surface area contributed by atoms with Gasteiger partial charge in [-0.05, 0) is 30.5 Å². The number of nitrogens with one attached hydrogen (secondary N) is 1. The molecule has 94 valence electrons. The van der Waals surface area contributed by atoms with Gasteiger partial charge in [0.05, 0.1) is 5.69 Å². The quantitative estimate of drug-likeness (QED) is 0.827. The van der Waals surface area contributed by atoms with Gasteiger partial charge in [-0.15, -0.1) is 0 Å². The second kappa shape index (κ2) is 6.20. The third-order valence-corrected chi connectivity index (χ3v) is 3.05. The third kappa shape index (κ3) is 3.33. The van der Waals surface area contributed by atoms with Crippen LogP contribution in [0.3, 0.4) is 0 Å². The fourth-order valence-corrected chi connectivity index (χ4v) is 1.99. The summed E-state index contributed by atoms with van der Waals surface area (Å²) in [5, 5.41) is 3.27. The minimum Gasteiger partial charge on any atom is -0.380 e. The highest BCUT2D eigenvalue weighted by Gasteiger charge is 2.09. The molecule has 0 spiro atoms. The number of hydrogen-bond acceptors (Lipinski definition) is 1. The molecule has 1 nitrogen and oxygen atoms in total. The van der Waals surface area contributed by atoms with Crippen LogP contribution in [0.5, 0.6) is 0 Å². The topological polar surface area (TPSA) is 12.0 Å². The normalized spacial score (nSPS) is 12.1. The Kier molecular flexibility index (Phi) is 4.35. The lowest BCUT2D eigenvalue weighted by Gasteiger charge is -2.18. The molecule has 1 atom stereocenters. The lowest BCUT2D eigenvalue weighted by atomic mass is 10.0. The Bertz CT molecular complexity index is 481. The number of halogens is 1. The van der Waals surface area contributed by atoms with Gasteiger partial charge in [-0.3, -0.25) is 0 Å². The zero-order valence-electron chi connectivity index (χ0n) is 10.6. The van der Waals surface area contributed by atoms with Crippen LogP contribution in [-0.2, 0) is 6.42 Å². The highest BCUT2D eigenvalue weighted by Crippen LogP contribution is 2.16. The molecule has 0 aromatic heterocycles. The molecule has 0 fully saturated rings. The average molecular weight is 243 g/mol. The third-order valence-electron chi connectivity index (χ3n) is 3.05. The molecule has 0 saturated heterocycles. The fraction of sp³-hybridized carbons (Fsp3) is 0.250. The van der Waals surface area contributed by atoms with Crippen LogP contribution >= 0.6 is 0 Å². The van der Waals surface area contributed by atoms with E-state index in [1.165, 1.54) is 11.6 Å². The minimum absolute atomic E-state index is 0.191. The smallest absolute Gasteiger partial charge is 0.146 e. The first-order valence-electron chi connectivity index (χ1n) is 6.34.